The Hall–Kier alpha value is -0.410. The molecule has 2 rings (SSSR count). The number of nitrogens with zero attached hydrogens (tertiary/aromatic N) is 1. The van der Waals surface area contributed by atoms with Crippen LogP contribution in [0, 0.1) is 0 Å². The van der Waals surface area contributed by atoms with Crippen LogP contribution in [0.2, 0.25) is 0 Å². The van der Waals surface area contributed by atoms with E-state index < -0.39 is 0 Å². The van der Waals surface area contributed by atoms with Crippen LogP contribution in [0.3, 0.4) is 0 Å². The summed E-state index contributed by atoms with van der Waals surface area (Å²) in [5.41, 5.74) is 1.25. The molecule has 3 heteroatoms. The molecule has 1 unspecified atom stereocenters. The molecule has 1 aliphatic carbocycles. The molecule has 0 aromatic carbocycles. The topological polar surface area (TPSA) is 33.1 Å². The number of hydrogen-bond acceptors (Lipinski definition) is 3. The Balaban J connectivity index is 2.37. The Morgan fingerprint density at radius 3 is 3.17 bits per heavy atom. The highest BCUT2D eigenvalue weighted by atomic mass is 32.1. The van der Waals surface area contributed by atoms with Gasteiger partial charge in [0, 0.05) is 4.88 Å². The van der Waals surface area contributed by atoms with E-state index in [1.807, 2.05) is 0 Å². The van der Waals surface area contributed by atoms with Gasteiger partial charge in [-0.15, -0.1) is 11.3 Å². The van der Waals surface area contributed by atoms with Crippen molar-refractivity contribution < 1.29 is 5.11 Å². The molecule has 0 saturated heterocycles. The van der Waals surface area contributed by atoms with Crippen molar-refractivity contribution in [1.82, 2.24) is 4.98 Å². The van der Waals surface area contributed by atoms with E-state index in [9.17, 15) is 0 Å². The first-order chi connectivity index (χ1) is 5.81. The molecule has 0 saturated carbocycles. The maximum absolute atomic E-state index is 8.92. The van der Waals surface area contributed by atoms with E-state index in [-0.39, 0.29) is 6.61 Å². The second-order valence-corrected chi connectivity index (χ2v) is 4.54. The summed E-state index contributed by atoms with van der Waals surface area (Å²) < 4.78 is 0. The third kappa shape index (κ3) is 1.27. The zero-order valence-electron chi connectivity index (χ0n) is 7.21. The van der Waals surface area contributed by atoms with E-state index in [2.05, 4.69) is 11.9 Å². The molecule has 1 aliphatic rings. The van der Waals surface area contributed by atoms with Gasteiger partial charge in [-0.3, -0.25) is 0 Å². The fourth-order valence-electron chi connectivity index (χ4n) is 1.75. The molecule has 1 heterocycles. The molecule has 0 spiro atoms. The molecule has 0 fully saturated rings. The molecule has 1 aromatic heterocycles. The number of hydrogen-bond donors (Lipinski definition) is 1. The third-order valence-corrected chi connectivity index (χ3v) is 3.53. The molecule has 2 nitrogen and oxygen atoms in total. The van der Waals surface area contributed by atoms with Gasteiger partial charge in [0.05, 0.1) is 12.3 Å². The number of rotatable bonds is 1. The molecule has 1 N–H and O–H groups in total. The van der Waals surface area contributed by atoms with Gasteiger partial charge in [0.25, 0.3) is 0 Å². The van der Waals surface area contributed by atoms with Crippen LogP contribution < -0.4 is 0 Å². The first-order valence-corrected chi connectivity index (χ1v) is 5.22. The first-order valence-electron chi connectivity index (χ1n) is 4.40. The van der Waals surface area contributed by atoms with Gasteiger partial charge >= 0.3 is 0 Å². The second kappa shape index (κ2) is 3.15. The average Bonchev–Trinajstić information content (AvgIpc) is 2.49. The summed E-state index contributed by atoms with van der Waals surface area (Å²) in [5, 5.41) is 9.80. The minimum atomic E-state index is 0.102. The van der Waals surface area contributed by atoms with Gasteiger partial charge in [-0.2, -0.15) is 0 Å². The Morgan fingerprint density at radius 2 is 2.50 bits per heavy atom. The van der Waals surface area contributed by atoms with Gasteiger partial charge < -0.3 is 5.11 Å². The fourth-order valence-corrected chi connectivity index (χ4v) is 2.84. The van der Waals surface area contributed by atoms with Crippen LogP contribution >= 0.6 is 11.3 Å². The second-order valence-electron chi connectivity index (χ2n) is 3.37. The van der Waals surface area contributed by atoms with Crippen LogP contribution in [-0.4, -0.2) is 10.1 Å². The van der Waals surface area contributed by atoms with Gasteiger partial charge in [-0.25, -0.2) is 4.98 Å². The normalized spacial score (nSPS) is 22.3. The number of fused-ring (bicyclic) bond motifs is 1. The zero-order chi connectivity index (χ0) is 8.55. The van der Waals surface area contributed by atoms with Gasteiger partial charge in [0.1, 0.15) is 5.01 Å². The lowest BCUT2D eigenvalue weighted by atomic mass is 9.93. The van der Waals surface area contributed by atoms with Crippen LogP contribution in [-0.2, 0) is 13.0 Å². The molecule has 66 valence electrons. The van der Waals surface area contributed by atoms with Crippen molar-refractivity contribution in [2.75, 3.05) is 0 Å². The summed E-state index contributed by atoms with van der Waals surface area (Å²) >= 11 is 1.68. The van der Waals surface area contributed by atoms with Crippen molar-refractivity contribution >= 4 is 11.3 Å². The largest absolute Gasteiger partial charge is 0.389 e. The Morgan fingerprint density at radius 1 is 1.67 bits per heavy atom. The molecular formula is C9H13NOS. The lowest BCUT2D eigenvalue weighted by Crippen LogP contribution is -2.04. The molecule has 0 bridgehead atoms. The van der Waals surface area contributed by atoms with Crippen molar-refractivity contribution in [2.24, 2.45) is 0 Å². The van der Waals surface area contributed by atoms with Crippen molar-refractivity contribution in [3.63, 3.8) is 0 Å². The summed E-state index contributed by atoms with van der Waals surface area (Å²) in [6.45, 7) is 2.32. The maximum Gasteiger partial charge on any atom is 0.119 e. The molecule has 0 aliphatic heterocycles. The minimum Gasteiger partial charge on any atom is -0.389 e. The van der Waals surface area contributed by atoms with Gasteiger partial charge in [-0.05, 0) is 25.2 Å². The van der Waals surface area contributed by atoms with Crippen LogP contribution in [0.1, 0.15) is 41.3 Å². The number of aliphatic hydroxyl groups is 1. The Bertz CT molecular complexity index is 282. The molecular weight excluding hydrogens is 170 g/mol. The average molecular weight is 183 g/mol. The van der Waals surface area contributed by atoms with Crippen LogP contribution in [0.15, 0.2) is 0 Å². The summed E-state index contributed by atoms with van der Waals surface area (Å²) in [6, 6.07) is 0. The van der Waals surface area contributed by atoms with Gasteiger partial charge in [0.2, 0.25) is 0 Å². The van der Waals surface area contributed by atoms with Crippen molar-refractivity contribution in [3.8, 4) is 0 Å². The quantitative estimate of drug-likeness (QED) is 0.723. The SMILES string of the molecule is CC1CCCc2sc(CO)nc21. The summed E-state index contributed by atoms with van der Waals surface area (Å²) in [4.78, 5) is 5.82. The van der Waals surface area contributed by atoms with Gasteiger partial charge in [0.15, 0.2) is 0 Å². The number of aryl methyl sites for hydroxylation is 1. The molecule has 12 heavy (non-hydrogen) atoms. The smallest absolute Gasteiger partial charge is 0.119 e. The first kappa shape index (κ1) is 8.20. The summed E-state index contributed by atoms with van der Waals surface area (Å²) in [7, 11) is 0. The molecule has 0 radical (unpaired) electrons. The van der Waals surface area contributed by atoms with Crippen molar-refractivity contribution in [1.29, 1.82) is 0 Å². The third-order valence-electron chi connectivity index (χ3n) is 2.41. The van der Waals surface area contributed by atoms with E-state index in [4.69, 9.17) is 5.11 Å². The maximum atomic E-state index is 8.92. The highest BCUT2D eigenvalue weighted by molar-refractivity contribution is 7.11. The Kier molecular flexibility index (Phi) is 2.15. The number of thiazole rings is 1. The monoisotopic (exact) mass is 183 g/mol. The Labute approximate surface area is 76.3 Å². The molecule has 1 aromatic rings. The molecule has 1 atom stereocenters. The lowest BCUT2D eigenvalue weighted by molar-refractivity contribution is 0.281. The zero-order valence-corrected chi connectivity index (χ0v) is 8.02. The highest BCUT2D eigenvalue weighted by Gasteiger charge is 2.20. The highest BCUT2D eigenvalue weighted by Crippen LogP contribution is 2.34. The van der Waals surface area contributed by atoms with E-state index in [1.54, 1.807) is 11.3 Å². The number of aliphatic hydroxyl groups excluding tert-OH is 1. The van der Waals surface area contributed by atoms with Crippen molar-refractivity contribution in [2.45, 2.75) is 38.7 Å². The predicted molar refractivity (Wildman–Crippen MR) is 49.4 cm³/mol. The van der Waals surface area contributed by atoms with Crippen molar-refractivity contribution in [3.05, 3.63) is 15.6 Å². The molecule has 0 amide bonds. The lowest BCUT2D eigenvalue weighted by Gasteiger charge is -2.15. The summed E-state index contributed by atoms with van der Waals surface area (Å²) in [6.07, 6.45) is 3.69. The van der Waals surface area contributed by atoms with Crippen LogP contribution in [0.25, 0.3) is 0 Å². The van der Waals surface area contributed by atoms with Crippen LogP contribution in [0.5, 0.6) is 0 Å². The fraction of sp³-hybridized carbons (Fsp3) is 0.667. The number of aromatic nitrogens is 1. The van der Waals surface area contributed by atoms with Crippen LogP contribution in [0.4, 0.5) is 0 Å². The standard InChI is InChI=1S/C9H13NOS/c1-6-3-2-4-7-9(6)10-8(5-11)12-7/h6,11H,2-5H2,1H3. The van der Waals surface area contributed by atoms with E-state index in [0.717, 1.165) is 11.4 Å². The van der Waals surface area contributed by atoms with E-state index >= 15 is 0 Å². The minimum absolute atomic E-state index is 0.102. The van der Waals surface area contributed by atoms with E-state index in [1.165, 1.54) is 23.4 Å². The van der Waals surface area contributed by atoms with Gasteiger partial charge in [-0.1, -0.05) is 6.92 Å². The van der Waals surface area contributed by atoms with E-state index in [0.29, 0.717) is 5.92 Å². The summed E-state index contributed by atoms with van der Waals surface area (Å²) in [5.74, 6) is 0.602. The predicted octanol–water partition coefficient (Wildman–Crippen LogP) is 2.08.